The zero-order chi connectivity index (χ0) is 10.7. The van der Waals surface area contributed by atoms with Crippen LogP contribution in [0.4, 0.5) is 0 Å². The van der Waals surface area contributed by atoms with E-state index in [1.807, 2.05) is 22.2 Å². The lowest BCUT2D eigenvalue weighted by molar-refractivity contribution is 0.268. The van der Waals surface area contributed by atoms with Gasteiger partial charge in [0, 0.05) is 37.0 Å². The summed E-state index contributed by atoms with van der Waals surface area (Å²) < 4.78 is 2.03. The van der Waals surface area contributed by atoms with Crippen LogP contribution in [-0.4, -0.2) is 27.1 Å². The monoisotopic (exact) mass is 225 g/mol. The number of aromatic nitrogens is 2. The third kappa shape index (κ3) is 2.56. The van der Waals surface area contributed by atoms with Crippen molar-refractivity contribution in [2.24, 2.45) is 0 Å². The topological polar surface area (TPSA) is 49.6 Å². The Hall–Kier alpha value is -0.910. The molecular formula is C10H15N3OS. The Balaban J connectivity index is 1.92. The predicted molar refractivity (Wildman–Crippen MR) is 61.1 cm³/mol. The molecule has 0 saturated heterocycles. The summed E-state index contributed by atoms with van der Waals surface area (Å²) >= 11 is 1.64. The summed E-state index contributed by atoms with van der Waals surface area (Å²) in [4.78, 5) is 5.49. The summed E-state index contributed by atoms with van der Waals surface area (Å²) in [6.45, 7) is 3.05. The Kier molecular flexibility index (Phi) is 3.35. The molecule has 15 heavy (non-hydrogen) atoms. The average molecular weight is 225 g/mol. The van der Waals surface area contributed by atoms with Gasteiger partial charge in [-0.05, 0) is 13.3 Å². The van der Waals surface area contributed by atoms with E-state index in [1.165, 1.54) is 0 Å². The fraction of sp³-hybridized carbons (Fsp3) is 0.500. The first-order chi connectivity index (χ1) is 7.29. The van der Waals surface area contributed by atoms with Crippen LogP contribution in [0.15, 0.2) is 17.8 Å². The van der Waals surface area contributed by atoms with E-state index in [-0.39, 0.29) is 6.61 Å². The second kappa shape index (κ2) is 4.74. The van der Waals surface area contributed by atoms with Crippen molar-refractivity contribution in [1.29, 1.82) is 0 Å². The van der Waals surface area contributed by atoms with Crippen LogP contribution in [0.1, 0.15) is 19.0 Å². The van der Waals surface area contributed by atoms with Crippen LogP contribution >= 0.6 is 11.3 Å². The van der Waals surface area contributed by atoms with Crippen molar-refractivity contribution in [2.45, 2.75) is 25.9 Å². The first kappa shape index (κ1) is 10.6. The third-order valence-electron chi connectivity index (χ3n) is 2.34. The summed E-state index contributed by atoms with van der Waals surface area (Å²) in [6, 6.07) is 0.328. The number of rotatable bonds is 5. The Labute approximate surface area is 92.6 Å². The summed E-state index contributed by atoms with van der Waals surface area (Å²) in [6.07, 6.45) is 4.82. The smallest absolute Gasteiger partial charge is 0.193 e. The highest BCUT2D eigenvalue weighted by Crippen LogP contribution is 2.11. The van der Waals surface area contributed by atoms with E-state index in [4.69, 9.17) is 5.11 Å². The molecule has 2 rings (SSSR count). The number of thiazole rings is 1. The molecule has 2 aromatic heterocycles. The van der Waals surface area contributed by atoms with Gasteiger partial charge < -0.3 is 10.4 Å². The highest BCUT2D eigenvalue weighted by Gasteiger charge is 2.04. The molecule has 2 heterocycles. The fourth-order valence-corrected chi connectivity index (χ4v) is 2.15. The lowest BCUT2D eigenvalue weighted by atomic mass is 10.2. The number of hydrogen-bond donors (Lipinski definition) is 2. The van der Waals surface area contributed by atoms with E-state index in [9.17, 15) is 0 Å². The van der Waals surface area contributed by atoms with Gasteiger partial charge in [0.05, 0.1) is 5.69 Å². The molecule has 0 amide bonds. The average Bonchev–Trinajstić information content (AvgIpc) is 2.74. The number of imidazole rings is 1. The standard InChI is InChI=1S/C10H15N3OS/c1-8(2-4-14)11-6-9-7-13-3-5-15-10(13)12-9/h3,5,7-8,11,14H,2,4,6H2,1H3. The molecule has 1 atom stereocenters. The van der Waals surface area contributed by atoms with Crippen LogP contribution in [0.5, 0.6) is 0 Å². The van der Waals surface area contributed by atoms with E-state index in [0.29, 0.717) is 6.04 Å². The van der Waals surface area contributed by atoms with Gasteiger partial charge >= 0.3 is 0 Å². The minimum atomic E-state index is 0.229. The molecule has 0 aliphatic rings. The largest absolute Gasteiger partial charge is 0.396 e. The van der Waals surface area contributed by atoms with Crippen molar-refractivity contribution >= 4 is 16.3 Å². The molecule has 0 saturated carbocycles. The first-order valence-corrected chi connectivity index (χ1v) is 5.93. The van der Waals surface area contributed by atoms with Gasteiger partial charge in [0.25, 0.3) is 0 Å². The third-order valence-corrected chi connectivity index (χ3v) is 3.11. The van der Waals surface area contributed by atoms with Crippen molar-refractivity contribution < 1.29 is 5.11 Å². The van der Waals surface area contributed by atoms with E-state index in [1.54, 1.807) is 11.3 Å². The van der Waals surface area contributed by atoms with E-state index in [2.05, 4.69) is 17.2 Å². The normalized spacial score (nSPS) is 13.5. The summed E-state index contributed by atoms with van der Waals surface area (Å²) in [5.41, 5.74) is 1.05. The molecule has 0 spiro atoms. The van der Waals surface area contributed by atoms with Gasteiger partial charge in [-0.1, -0.05) is 0 Å². The molecule has 2 aromatic rings. The van der Waals surface area contributed by atoms with Crippen molar-refractivity contribution in [1.82, 2.24) is 14.7 Å². The van der Waals surface area contributed by atoms with Crippen molar-refractivity contribution in [3.05, 3.63) is 23.5 Å². The predicted octanol–water partition coefficient (Wildman–Crippen LogP) is 1.26. The van der Waals surface area contributed by atoms with Crippen LogP contribution in [-0.2, 0) is 6.54 Å². The molecule has 0 fully saturated rings. The minimum Gasteiger partial charge on any atom is -0.396 e. The zero-order valence-electron chi connectivity index (χ0n) is 8.68. The maximum Gasteiger partial charge on any atom is 0.193 e. The van der Waals surface area contributed by atoms with Gasteiger partial charge in [-0.15, -0.1) is 11.3 Å². The van der Waals surface area contributed by atoms with Crippen LogP contribution in [0.25, 0.3) is 4.96 Å². The molecule has 1 unspecified atom stereocenters. The quantitative estimate of drug-likeness (QED) is 0.805. The second-order valence-corrected chi connectivity index (χ2v) is 4.49. The molecule has 0 bridgehead atoms. The molecule has 4 nitrogen and oxygen atoms in total. The van der Waals surface area contributed by atoms with Crippen LogP contribution < -0.4 is 5.32 Å². The molecule has 82 valence electrons. The molecule has 0 radical (unpaired) electrons. The number of nitrogens with zero attached hydrogens (tertiary/aromatic N) is 2. The van der Waals surface area contributed by atoms with Crippen molar-refractivity contribution in [3.8, 4) is 0 Å². The molecule has 0 aliphatic heterocycles. The van der Waals surface area contributed by atoms with Crippen molar-refractivity contribution in [2.75, 3.05) is 6.61 Å². The molecule has 5 heteroatoms. The maximum absolute atomic E-state index is 8.76. The molecular weight excluding hydrogens is 210 g/mol. The van der Waals surface area contributed by atoms with Crippen LogP contribution in [0, 0.1) is 0 Å². The lowest BCUT2D eigenvalue weighted by Gasteiger charge is -2.10. The van der Waals surface area contributed by atoms with Crippen molar-refractivity contribution in [3.63, 3.8) is 0 Å². The second-order valence-electron chi connectivity index (χ2n) is 3.62. The van der Waals surface area contributed by atoms with Crippen LogP contribution in [0.2, 0.25) is 0 Å². The van der Waals surface area contributed by atoms with Gasteiger partial charge in [-0.25, -0.2) is 4.98 Å². The zero-order valence-corrected chi connectivity index (χ0v) is 9.50. The Morgan fingerprint density at radius 1 is 1.67 bits per heavy atom. The van der Waals surface area contributed by atoms with Gasteiger partial charge in [0.2, 0.25) is 0 Å². The number of aliphatic hydroxyl groups is 1. The Morgan fingerprint density at radius 3 is 3.27 bits per heavy atom. The van der Waals surface area contributed by atoms with Gasteiger partial charge in [0.1, 0.15) is 0 Å². The van der Waals surface area contributed by atoms with Crippen LogP contribution in [0.3, 0.4) is 0 Å². The Bertz CT molecular complexity index is 394. The van der Waals surface area contributed by atoms with Gasteiger partial charge in [0.15, 0.2) is 4.96 Å². The molecule has 0 aliphatic carbocycles. The first-order valence-electron chi connectivity index (χ1n) is 5.05. The highest BCUT2D eigenvalue weighted by atomic mass is 32.1. The Morgan fingerprint density at radius 2 is 2.53 bits per heavy atom. The number of hydrogen-bond acceptors (Lipinski definition) is 4. The summed E-state index contributed by atoms with van der Waals surface area (Å²) in [5.74, 6) is 0. The summed E-state index contributed by atoms with van der Waals surface area (Å²) in [7, 11) is 0. The van der Waals surface area contributed by atoms with E-state index in [0.717, 1.165) is 23.6 Å². The number of aliphatic hydroxyl groups excluding tert-OH is 1. The lowest BCUT2D eigenvalue weighted by Crippen LogP contribution is -2.26. The number of nitrogens with one attached hydrogen (secondary N) is 1. The SMILES string of the molecule is CC(CCO)NCc1cn2ccsc2n1. The van der Waals surface area contributed by atoms with Gasteiger partial charge in [-0.3, -0.25) is 4.40 Å². The number of fused-ring (bicyclic) bond motifs is 1. The highest BCUT2D eigenvalue weighted by molar-refractivity contribution is 7.15. The molecule has 2 N–H and O–H groups in total. The fourth-order valence-electron chi connectivity index (χ4n) is 1.44. The van der Waals surface area contributed by atoms with Gasteiger partial charge in [-0.2, -0.15) is 0 Å². The minimum absolute atomic E-state index is 0.229. The molecule has 0 aromatic carbocycles. The van der Waals surface area contributed by atoms with E-state index < -0.39 is 0 Å². The van der Waals surface area contributed by atoms with E-state index >= 15 is 0 Å². The summed E-state index contributed by atoms with van der Waals surface area (Å²) in [5, 5.41) is 14.1. The maximum atomic E-state index is 8.76.